The Hall–Kier alpha value is -2.12. The maximum absolute atomic E-state index is 10.7. The average molecular weight is 368 g/mol. The molecule has 0 spiro atoms. The highest BCUT2D eigenvalue weighted by Crippen LogP contribution is 2.51. The van der Waals surface area contributed by atoms with Gasteiger partial charge in [0.25, 0.3) is 0 Å². The molecule has 26 heavy (non-hydrogen) atoms. The number of carbonyl (C=O) groups is 1. The van der Waals surface area contributed by atoms with Crippen molar-refractivity contribution >= 4 is 17.7 Å². The summed E-state index contributed by atoms with van der Waals surface area (Å²) in [5, 5.41) is 8.82. The van der Waals surface area contributed by atoms with Crippen molar-refractivity contribution in [2.75, 3.05) is 0 Å². The maximum atomic E-state index is 10.7. The molecular formula is C22H24O3S. The van der Waals surface area contributed by atoms with Crippen LogP contribution in [-0.2, 0) is 16.6 Å². The van der Waals surface area contributed by atoms with Gasteiger partial charge in [-0.25, -0.2) is 0 Å². The molecule has 1 aromatic heterocycles. The van der Waals surface area contributed by atoms with E-state index < -0.39 is 5.97 Å². The maximum Gasteiger partial charge on any atom is 0.311 e. The highest BCUT2D eigenvalue weighted by molar-refractivity contribution is 8.00. The number of hydrogen-bond acceptors (Lipinski definition) is 3. The molecule has 1 aliphatic heterocycles. The van der Waals surface area contributed by atoms with Crippen molar-refractivity contribution in [3.8, 4) is 11.8 Å². The number of furan rings is 1. The van der Waals surface area contributed by atoms with Crippen LogP contribution in [-0.4, -0.2) is 15.8 Å². The molecule has 2 aromatic rings. The zero-order valence-electron chi connectivity index (χ0n) is 15.9. The van der Waals surface area contributed by atoms with Gasteiger partial charge in [0, 0.05) is 15.2 Å². The molecule has 0 amide bonds. The van der Waals surface area contributed by atoms with Crippen LogP contribution in [0.15, 0.2) is 33.6 Å². The summed E-state index contributed by atoms with van der Waals surface area (Å²) in [6.07, 6.45) is 0.991. The van der Waals surface area contributed by atoms with Gasteiger partial charge in [-0.05, 0) is 60.1 Å². The minimum absolute atomic E-state index is 0.105. The molecule has 0 saturated carbocycles. The van der Waals surface area contributed by atoms with E-state index in [0.717, 1.165) is 17.5 Å². The number of benzene rings is 1. The van der Waals surface area contributed by atoms with Crippen molar-refractivity contribution in [1.82, 2.24) is 0 Å². The van der Waals surface area contributed by atoms with Crippen LogP contribution >= 0.6 is 11.8 Å². The fraction of sp³-hybridized carbons (Fsp3) is 0.409. The molecule has 0 bridgehead atoms. The number of fused-ring (bicyclic) bond motifs is 1. The van der Waals surface area contributed by atoms with Crippen molar-refractivity contribution in [3.63, 3.8) is 0 Å². The van der Waals surface area contributed by atoms with E-state index in [1.54, 1.807) is 12.1 Å². The molecule has 1 aromatic carbocycles. The van der Waals surface area contributed by atoms with E-state index >= 15 is 0 Å². The third kappa shape index (κ3) is 3.99. The van der Waals surface area contributed by atoms with E-state index in [0.29, 0.717) is 11.5 Å². The summed E-state index contributed by atoms with van der Waals surface area (Å²) < 4.78 is 5.71. The Labute approximate surface area is 159 Å². The SMILES string of the molecule is Cc1cc2c(cc1C#Cc1ccc(CC(=O)O)o1)C(C)(C)CC(C)(C)S2. The Morgan fingerprint density at radius 1 is 1.23 bits per heavy atom. The van der Waals surface area contributed by atoms with Crippen LogP contribution in [0.1, 0.15) is 62.3 Å². The van der Waals surface area contributed by atoms with E-state index in [-0.39, 0.29) is 16.6 Å². The summed E-state index contributed by atoms with van der Waals surface area (Å²) in [4.78, 5) is 12.1. The van der Waals surface area contributed by atoms with Crippen LogP contribution in [0.2, 0.25) is 0 Å². The molecule has 0 fully saturated rings. The lowest BCUT2D eigenvalue weighted by Gasteiger charge is -2.42. The van der Waals surface area contributed by atoms with Crippen molar-refractivity contribution in [3.05, 3.63) is 52.5 Å². The van der Waals surface area contributed by atoms with Crippen LogP contribution in [0.3, 0.4) is 0 Å². The number of hydrogen-bond donors (Lipinski definition) is 1. The highest BCUT2D eigenvalue weighted by atomic mass is 32.2. The van der Waals surface area contributed by atoms with E-state index in [9.17, 15) is 4.79 Å². The minimum Gasteiger partial charge on any atom is -0.481 e. The van der Waals surface area contributed by atoms with Gasteiger partial charge in [0.1, 0.15) is 12.2 Å². The van der Waals surface area contributed by atoms with E-state index in [4.69, 9.17) is 9.52 Å². The zero-order chi connectivity index (χ0) is 19.1. The number of aryl methyl sites for hydroxylation is 1. The molecule has 0 saturated heterocycles. The Kier molecular flexibility index (Phi) is 4.71. The summed E-state index contributed by atoms with van der Waals surface area (Å²) >= 11 is 1.94. The fourth-order valence-corrected chi connectivity index (χ4v) is 5.45. The van der Waals surface area contributed by atoms with Gasteiger partial charge >= 0.3 is 5.97 Å². The molecule has 3 rings (SSSR count). The van der Waals surface area contributed by atoms with Gasteiger partial charge in [-0.2, -0.15) is 0 Å². The number of carboxylic acid groups (broad SMARTS) is 1. The molecule has 4 heteroatoms. The first-order valence-electron chi connectivity index (χ1n) is 8.72. The number of thioether (sulfide) groups is 1. The molecule has 3 nitrogen and oxygen atoms in total. The molecular weight excluding hydrogens is 344 g/mol. The van der Waals surface area contributed by atoms with Crippen LogP contribution in [0.5, 0.6) is 0 Å². The largest absolute Gasteiger partial charge is 0.481 e. The van der Waals surface area contributed by atoms with Crippen molar-refractivity contribution in [2.45, 2.75) is 62.5 Å². The number of carboxylic acids is 1. The quantitative estimate of drug-likeness (QED) is 0.743. The van der Waals surface area contributed by atoms with Crippen LogP contribution in [0.25, 0.3) is 0 Å². The first kappa shape index (κ1) is 18.7. The summed E-state index contributed by atoms with van der Waals surface area (Å²) in [5.41, 5.74) is 3.60. The van der Waals surface area contributed by atoms with Gasteiger partial charge in [-0.3, -0.25) is 4.79 Å². The molecule has 0 radical (unpaired) electrons. The predicted octanol–water partition coefficient (Wildman–Crippen LogP) is 5.17. The molecule has 0 unspecified atom stereocenters. The number of aliphatic carboxylic acids is 1. The van der Waals surface area contributed by atoms with E-state index in [1.165, 1.54) is 10.5 Å². The van der Waals surface area contributed by atoms with Crippen molar-refractivity contribution in [1.29, 1.82) is 0 Å². The fourth-order valence-electron chi connectivity index (χ4n) is 3.74. The first-order valence-corrected chi connectivity index (χ1v) is 9.54. The van der Waals surface area contributed by atoms with E-state index in [2.05, 4.69) is 58.6 Å². The molecule has 1 N–H and O–H groups in total. The topological polar surface area (TPSA) is 50.4 Å². The molecule has 0 aliphatic carbocycles. The van der Waals surface area contributed by atoms with Crippen LogP contribution < -0.4 is 0 Å². The Bertz CT molecular complexity index is 923. The summed E-state index contributed by atoms with van der Waals surface area (Å²) in [5.74, 6) is 6.24. The average Bonchev–Trinajstić information content (AvgIpc) is 2.90. The lowest BCUT2D eigenvalue weighted by molar-refractivity contribution is -0.136. The molecule has 1 aliphatic rings. The van der Waals surface area contributed by atoms with Gasteiger partial charge in [0.2, 0.25) is 0 Å². The van der Waals surface area contributed by atoms with Gasteiger partial charge in [-0.1, -0.05) is 33.6 Å². The van der Waals surface area contributed by atoms with Crippen LogP contribution in [0.4, 0.5) is 0 Å². The van der Waals surface area contributed by atoms with E-state index in [1.807, 2.05) is 11.8 Å². The standard InChI is InChI=1S/C22H24O3S/c1-14-10-19-18(21(2,3)13-22(4,5)26-19)11-15(14)6-7-16-8-9-17(25-16)12-20(23)24/h8-11H,12-13H2,1-5H3,(H,23,24). The minimum atomic E-state index is -0.910. The lowest BCUT2D eigenvalue weighted by Crippen LogP contribution is -2.33. The third-order valence-corrected chi connectivity index (χ3v) is 5.87. The highest BCUT2D eigenvalue weighted by Gasteiger charge is 2.38. The summed E-state index contributed by atoms with van der Waals surface area (Å²) in [7, 11) is 0. The van der Waals surface area contributed by atoms with Crippen LogP contribution in [0, 0.1) is 18.8 Å². The normalized spacial score (nSPS) is 17.1. The summed E-state index contributed by atoms with van der Waals surface area (Å²) in [6.45, 7) is 11.3. The second-order valence-corrected chi connectivity index (χ2v) is 9.92. The summed E-state index contributed by atoms with van der Waals surface area (Å²) in [6, 6.07) is 7.84. The van der Waals surface area contributed by atoms with Gasteiger partial charge < -0.3 is 9.52 Å². The first-order chi connectivity index (χ1) is 12.1. The second-order valence-electron chi connectivity index (χ2n) is 8.17. The molecule has 0 atom stereocenters. The van der Waals surface area contributed by atoms with Crippen molar-refractivity contribution < 1.29 is 14.3 Å². The lowest BCUT2D eigenvalue weighted by atomic mass is 9.76. The Balaban J connectivity index is 1.94. The monoisotopic (exact) mass is 368 g/mol. The Morgan fingerprint density at radius 2 is 1.96 bits per heavy atom. The zero-order valence-corrected chi connectivity index (χ0v) is 16.7. The van der Waals surface area contributed by atoms with Gasteiger partial charge in [0.15, 0.2) is 5.76 Å². The predicted molar refractivity (Wildman–Crippen MR) is 105 cm³/mol. The smallest absolute Gasteiger partial charge is 0.311 e. The third-order valence-electron chi connectivity index (χ3n) is 4.62. The van der Waals surface area contributed by atoms with Gasteiger partial charge in [0.05, 0.1) is 0 Å². The molecule has 2 heterocycles. The number of rotatable bonds is 2. The second kappa shape index (κ2) is 6.55. The molecule has 136 valence electrons. The van der Waals surface area contributed by atoms with Crippen molar-refractivity contribution in [2.24, 2.45) is 0 Å². The Morgan fingerprint density at radius 3 is 2.65 bits per heavy atom. The van der Waals surface area contributed by atoms with Gasteiger partial charge in [-0.15, -0.1) is 11.8 Å².